The second-order valence-corrected chi connectivity index (χ2v) is 5.20. The summed E-state index contributed by atoms with van der Waals surface area (Å²) >= 11 is 0. The monoisotopic (exact) mass is 287 g/mol. The standard InChI is InChI=1S/C16H24F3N/c1-3-5-9-15(20-10-4-2)12-13-7-6-8-14(11-13)16(17,18)19/h6-8,11,15,20H,3-5,9-10,12H2,1-2H3. The van der Waals surface area contributed by atoms with E-state index in [1.807, 2.05) is 0 Å². The molecule has 0 radical (unpaired) electrons. The second kappa shape index (κ2) is 8.30. The summed E-state index contributed by atoms with van der Waals surface area (Å²) in [5.74, 6) is 0. The van der Waals surface area contributed by atoms with E-state index in [4.69, 9.17) is 0 Å². The Bertz CT molecular complexity index is 380. The first-order chi connectivity index (χ1) is 9.47. The summed E-state index contributed by atoms with van der Waals surface area (Å²) < 4.78 is 38.1. The molecule has 0 saturated heterocycles. The average molecular weight is 287 g/mol. The van der Waals surface area contributed by atoms with E-state index in [0.717, 1.165) is 43.9 Å². The number of nitrogens with one attached hydrogen (secondary N) is 1. The van der Waals surface area contributed by atoms with Crippen LogP contribution < -0.4 is 5.32 Å². The lowest BCUT2D eigenvalue weighted by molar-refractivity contribution is -0.137. The van der Waals surface area contributed by atoms with Gasteiger partial charge in [-0.25, -0.2) is 0 Å². The van der Waals surface area contributed by atoms with Crippen molar-refractivity contribution in [3.8, 4) is 0 Å². The van der Waals surface area contributed by atoms with Crippen LogP contribution in [0.4, 0.5) is 13.2 Å². The van der Waals surface area contributed by atoms with Gasteiger partial charge in [0.05, 0.1) is 5.56 Å². The van der Waals surface area contributed by atoms with Gasteiger partial charge in [0.2, 0.25) is 0 Å². The minimum absolute atomic E-state index is 0.262. The summed E-state index contributed by atoms with van der Waals surface area (Å²) in [6.07, 6.45) is 0.640. The van der Waals surface area contributed by atoms with Crippen LogP contribution in [0.15, 0.2) is 24.3 Å². The van der Waals surface area contributed by atoms with Crippen LogP contribution in [0.5, 0.6) is 0 Å². The van der Waals surface area contributed by atoms with Crippen LogP contribution in [-0.4, -0.2) is 12.6 Å². The SMILES string of the molecule is CCCCC(Cc1cccc(C(F)(F)F)c1)NCCC. The number of halogens is 3. The second-order valence-electron chi connectivity index (χ2n) is 5.20. The highest BCUT2D eigenvalue weighted by Gasteiger charge is 2.30. The van der Waals surface area contributed by atoms with Crippen LogP contribution >= 0.6 is 0 Å². The molecule has 1 N–H and O–H groups in total. The first-order valence-electron chi connectivity index (χ1n) is 7.36. The summed E-state index contributed by atoms with van der Waals surface area (Å²) in [4.78, 5) is 0. The fourth-order valence-corrected chi connectivity index (χ4v) is 2.23. The predicted octanol–water partition coefficient (Wildman–Crippen LogP) is 4.81. The molecular weight excluding hydrogens is 263 g/mol. The van der Waals surface area contributed by atoms with Crippen LogP contribution in [0, 0.1) is 0 Å². The zero-order chi connectivity index (χ0) is 15.0. The molecule has 0 amide bonds. The molecule has 0 saturated carbocycles. The van der Waals surface area contributed by atoms with Crippen molar-refractivity contribution in [2.45, 2.75) is 58.2 Å². The van der Waals surface area contributed by atoms with Gasteiger partial charge in [0.25, 0.3) is 0 Å². The molecule has 1 unspecified atom stereocenters. The number of hydrogen-bond donors (Lipinski definition) is 1. The lowest BCUT2D eigenvalue weighted by Crippen LogP contribution is -2.31. The van der Waals surface area contributed by atoms with Crippen molar-refractivity contribution in [2.24, 2.45) is 0 Å². The highest BCUT2D eigenvalue weighted by atomic mass is 19.4. The maximum atomic E-state index is 12.7. The number of alkyl halides is 3. The van der Waals surface area contributed by atoms with Crippen LogP contribution in [0.25, 0.3) is 0 Å². The molecule has 0 aliphatic rings. The first kappa shape index (κ1) is 17.0. The zero-order valence-corrected chi connectivity index (χ0v) is 12.3. The third kappa shape index (κ3) is 5.95. The fourth-order valence-electron chi connectivity index (χ4n) is 2.23. The van der Waals surface area contributed by atoms with Gasteiger partial charge in [-0.2, -0.15) is 13.2 Å². The summed E-state index contributed by atoms with van der Waals surface area (Å²) in [6.45, 7) is 5.13. The Kier molecular flexibility index (Phi) is 7.06. The highest BCUT2D eigenvalue weighted by Crippen LogP contribution is 2.29. The Morgan fingerprint density at radius 1 is 1.15 bits per heavy atom. The van der Waals surface area contributed by atoms with Crippen molar-refractivity contribution in [1.29, 1.82) is 0 Å². The molecule has 1 atom stereocenters. The fraction of sp³-hybridized carbons (Fsp3) is 0.625. The van der Waals surface area contributed by atoms with Crippen LogP contribution in [0.1, 0.15) is 50.7 Å². The maximum absolute atomic E-state index is 12.7. The molecule has 0 fully saturated rings. The van der Waals surface area contributed by atoms with Crippen LogP contribution in [0.2, 0.25) is 0 Å². The van der Waals surface area contributed by atoms with Crippen molar-refractivity contribution < 1.29 is 13.2 Å². The Hall–Kier alpha value is -1.03. The molecule has 1 nitrogen and oxygen atoms in total. The van der Waals surface area contributed by atoms with Crippen molar-refractivity contribution in [1.82, 2.24) is 5.32 Å². The summed E-state index contributed by atoms with van der Waals surface area (Å²) in [6, 6.07) is 5.94. The molecule has 0 bridgehead atoms. The number of rotatable bonds is 8. The van der Waals surface area contributed by atoms with Crippen molar-refractivity contribution in [2.75, 3.05) is 6.54 Å². The van der Waals surface area contributed by atoms with Crippen molar-refractivity contribution in [3.63, 3.8) is 0 Å². The normalized spacial score (nSPS) is 13.4. The molecule has 0 aliphatic heterocycles. The first-order valence-corrected chi connectivity index (χ1v) is 7.36. The van der Waals surface area contributed by atoms with Gasteiger partial charge in [-0.15, -0.1) is 0 Å². The Morgan fingerprint density at radius 3 is 2.50 bits per heavy atom. The number of unbranched alkanes of at least 4 members (excludes halogenated alkanes) is 1. The average Bonchev–Trinajstić information content (AvgIpc) is 2.41. The maximum Gasteiger partial charge on any atom is 0.416 e. The predicted molar refractivity (Wildman–Crippen MR) is 76.8 cm³/mol. The zero-order valence-electron chi connectivity index (χ0n) is 12.3. The lowest BCUT2D eigenvalue weighted by Gasteiger charge is -2.19. The third-order valence-corrected chi connectivity index (χ3v) is 3.33. The van der Waals surface area contributed by atoms with Crippen LogP contribution in [-0.2, 0) is 12.6 Å². The van der Waals surface area contributed by atoms with E-state index in [-0.39, 0.29) is 6.04 Å². The smallest absolute Gasteiger partial charge is 0.314 e. The number of hydrogen-bond acceptors (Lipinski definition) is 1. The molecular formula is C16H24F3N. The topological polar surface area (TPSA) is 12.0 Å². The third-order valence-electron chi connectivity index (χ3n) is 3.33. The van der Waals surface area contributed by atoms with E-state index in [0.29, 0.717) is 6.42 Å². The Labute approximate surface area is 119 Å². The molecule has 4 heteroatoms. The van der Waals surface area contributed by atoms with E-state index >= 15 is 0 Å². The van der Waals surface area contributed by atoms with Gasteiger partial charge < -0.3 is 5.32 Å². The minimum Gasteiger partial charge on any atom is -0.314 e. The van der Waals surface area contributed by atoms with Gasteiger partial charge in [0.15, 0.2) is 0 Å². The summed E-state index contributed by atoms with van der Waals surface area (Å²) in [7, 11) is 0. The number of benzene rings is 1. The van der Waals surface area contributed by atoms with E-state index in [9.17, 15) is 13.2 Å². The molecule has 114 valence electrons. The molecule has 0 heterocycles. The van der Waals surface area contributed by atoms with Gasteiger partial charge in [-0.05, 0) is 37.4 Å². The van der Waals surface area contributed by atoms with E-state index in [2.05, 4.69) is 19.2 Å². The van der Waals surface area contributed by atoms with E-state index in [1.165, 1.54) is 12.1 Å². The van der Waals surface area contributed by atoms with Crippen molar-refractivity contribution >= 4 is 0 Å². The molecule has 20 heavy (non-hydrogen) atoms. The highest BCUT2D eigenvalue weighted by molar-refractivity contribution is 5.26. The van der Waals surface area contributed by atoms with Gasteiger partial charge in [-0.3, -0.25) is 0 Å². The summed E-state index contributed by atoms with van der Waals surface area (Å²) in [5.41, 5.74) is 0.198. The van der Waals surface area contributed by atoms with E-state index < -0.39 is 11.7 Å². The Morgan fingerprint density at radius 2 is 1.90 bits per heavy atom. The Balaban J connectivity index is 2.71. The van der Waals surface area contributed by atoms with Crippen LogP contribution in [0.3, 0.4) is 0 Å². The van der Waals surface area contributed by atoms with E-state index in [1.54, 1.807) is 6.07 Å². The molecule has 0 spiro atoms. The molecule has 1 aromatic carbocycles. The quantitative estimate of drug-likeness (QED) is 0.723. The summed E-state index contributed by atoms with van der Waals surface area (Å²) in [5, 5.41) is 3.43. The molecule has 0 aromatic heterocycles. The largest absolute Gasteiger partial charge is 0.416 e. The van der Waals surface area contributed by atoms with Crippen molar-refractivity contribution in [3.05, 3.63) is 35.4 Å². The molecule has 1 rings (SSSR count). The minimum atomic E-state index is -4.26. The lowest BCUT2D eigenvalue weighted by atomic mass is 9.99. The van der Waals surface area contributed by atoms with Gasteiger partial charge in [0.1, 0.15) is 0 Å². The molecule has 1 aromatic rings. The van der Waals surface area contributed by atoms with Gasteiger partial charge in [-0.1, -0.05) is 44.9 Å². The van der Waals surface area contributed by atoms with Gasteiger partial charge in [0, 0.05) is 6.04 Å². The van der Waals surface area contributed by atoms with Gasteiger partial charge >= 0.3 is 6.18 Å². The molecule has 0 aliphatic carbocycles.